The molecule has 3 N–H and O–H groups in total. The first-order valence-electron chi connectivity index (χ1n) is 4.21. The molecule has 0 aliphatic carbocycles. The van der Waals surface area contributed by atoms with Crippen LogP contribution in [0.3, 0.4) is 0 Å². The maximum absolute atomic E-state index is 11.0. The second kappa shape index (κ2) is 4.62. The lowest BCUT2D eigenvalue weighted by atomic mass is 9.96. The van der Waals surface area contributed by atoms with Crippen LogP contribution in [0, 0.1) is 0 Å². The number of benzene rings is 1. The summed E-state index contributed by atoms with van der Waals surface area (Å²) in [5.41, 5.74) is 6.07. The Morgan fingerprint density at radius 1 is 1.38 bits per heavy atom. The average molecular weight is 179 g/mol. The molecule has 3 nitrogen and oxygen atoms in total. The van der Waals surface area contributed by atoms with E-state index in [9.17, 15) is 4.79 Å². The Morgan fingerprint density at radius 2 is 2.00 bits per heavy atom. The molecule has 0 bridgehead atoms. The summed E-state index contributed by atoms with van der Waals surface area (Å²) in [7, 11) is 0. The molecule has 0 spiro atoms. The Bertz CT molecular complexity index is 272. The predicted octanol–water partition coefficient (Wildman–Crippen LogP) is 0.638. The van der Waals surface area contributed by atoms with Crippen LogP contribution in [0.1, 0.15) is 17.9 Å². The summed E-state index contributed by atoms with van der Waals surface area (Å²) in [5.74, 6) is -0.758. The van der Waals surface area contributed by atoms with Gasteiger partial charge in [0.15, 0.2) is 0 Å². The van der Waals surface area contributed by atoms with E-state index >= 15 is 0 Å². The van der Waals surface area contributed by atoms with Crippen LogP contribution in [0.25, 0.3) is 0 Å². The summed E-state index contributed by atoms with van der Waals surface area (Å²) in [5, 5.41) is 8.74. The maximum atomic E-state index is 11.0. The fourth-order valence-electron chi connectivity index (χ4n) is 1.29. The minimum Gasteiger partial charge on any atom is -0.396 e. The van der Waals surface area contributed by atoms with Crippen molar-refractivity contribution in [2.45, 2.75) is 12.3 Å². The van der Waals surface area contributed by atoms with Gasteiger partial charge in [-0.05, 0) is 12.0 Å². The van der Waals surface area contributed by atoms with Crippen LogP contribution in [0.4, 0.5) is 0 Å². The zero-order chi connectivity index (χ0) is 9.68. The van der Waals surface area contributed by atoms with Gasteiger partial charge in [-0.15, -0.1) is 0 Å². The summed E-state index contributed by atoms with van der Waals surface area (Å²) < 4.78 is 0. The number of amides is 1. The molecule has 13 heavy (non-hydrogen) atoms. The Balaban J connectivity index is 2.82. The molecule has 0 aliphatic rings. The SMILES string of the molecule is NC(=O)[C@@H](CCO)c1ccccc1. The standard InChI is InChI=1S/C10H13NO2/c11-10(13)9(6-7-12)8-4-2-1-3-5-8/h1-5,9,12H,6-7H2,(H2,11,13)/t9-/m0/s1. The molecular weight excluding hydrogens is 166 g/mol. The van der Waals surface area contributed by atoms with Crippen molar-refractivity contribution in [3.63, 3.8) is 0 Å². The molecule has 1 aromatic rings. The van der Waals surface area contributed by atoms with E-state index in [1.165, 1.54) is 0 Å². The molecule has 1 aromatic carbocycles. The van der Waals surface area contributed by atoms with Gasteiger partial charge >= 0.3 is 0 Å². The van der Waals surface area contributed by atoms with Crippen molar-refractivity contribution >= 4 is 5.91 Å². The van der Waals surface area contributed by atoms with Crippen molar-refractivity contribution in [1.82, 2.24) is 0 Å². The second-order valence-corrected chi connectivity index (χ2v) is 2.88. The van der Waals surface area contributed by atoms with Crippen molar-refractivity contribution in [3.05, 3.63) is 35.9 Å². The minimum absolute atomic E-state index is 0.0253. The number of carbonyl (C=O) groups excluding carboxylic acids is 1. The number of aliphatic hydroxyl groups excluding tert-OH is 1. The van der Waals surface area contributed by atoms with E-state index in [4.69, 9.17) is 10.8 Å². The first-order chi connectivity index (χ1) is 6.25. The molecule has 0 fully saturated rings. The van der Waals surface area contributed by atoms with E-state index in [-0.39, 0.29) is 18.4 Å². The Morgan fingerprint density at radius 3 is 2.46 bits per heavy atom. The van der Waals surface area contributed by atoms with Crippen LogP contribution in [-0.2, 0) is 4.79 Å². The highest BCUT2D eigenvalue weighted by atomic mass is 16.3. The molecule has 0 unspecified atom stereocenters. The average Bonchev–Trinajstić information content (AvgIpc) is 2.15. The largest absolute Gasteiger partial charge is 0.396 e. The monoisotopic (exact) mass is 179 g/mol. The molecule has 70 valence electrons. The summed E-state index contributed by atoms with van der Waals surface area (Å²) >= 11 is 0. The molecule has 1 rings (SSSR count). The fraction of sp³-hybridized carbons (Fsp3) is 0.300. The molecule has 0 aliphatic heterocycles. The van der Waals surface area contributed by atoms with Crippen LogP contribution in [0.2, 0.25) is 0 Å². The zero-order valence-electron chi connectivity index (χ0n) is 7.31. The highest BCUT2D eigenvalue weighted by Crippen LogP contribution is 2.17. The zero-order valence-corrected chi connectivity index (χ0v) is 7.31. The van der Waals surface area contributed by atoms with Crippen molar-refractivity contribution in [2.24, 2.45) is 5.73 Å². The van der Waals surface area contributed by atoms with Crippen LogP contribution in [0.5, 0.6) is 0 Å². The normalized spacial score (nSPS) is 12.4. The molecule has 0 saturated heterocycles. The van der Waals surface area contributed by atoms with E-state index in [0.717, 1.165) is 5.56 Å². The van der Waals surface area contributed by atoms with E-state index in [2.05, 4.69) is 0 Å². The van der Waals surface area contributed by atoms with Crippen LogP contribution < -0.4 is 5.73 Å². The second-order valence-electron chi connectivity index (χ2n) is 2.88. The molecule has 3 heteroatoms. The quantitative estimate of drug-likeness (QED) is 0.712. The van der Waals surface area contributed by atoms with Crippen molar-refractivity contribution < 1.29 is 9.90 Å². The van der Waals surface area contributed by atoms with E-state index < -0.39 is 0 Å². The summed E-state index contributed by atoms with van der Waals surface area (Å²) in [4.78, 5) is 11.0. The number of hydrogen-bond donors (Lipinski definition) is 2. The molecule has 1 atom stereocenters. The van der Waals surface area contributed by atoms with Gasteiger partial charge in [0.05, 0.1) is 5.92 Å². The maximum Gasteiger partial charge on any atom is 0.225 e. The molecule has 0 aromatic heterocycles. The molecule has 0 radical (unpaired) electrons. The topological polar surface area (TPSA) is 63.3 Å². The van der Waals surface area contributed by atoms with Gasteiger partial charge in [-0.3, -0.25) is 4.79 Å². The van der Waals surface area contributed by atoms with Gasteiger partial charge in [0.25, 0.3) is 0 Å². The highest BCUT2D eigenvalue weighted by Gasteiger charge is 2.15. The minimum atomic E-state index is -0.389. The van der Waals surface area contributed by atoms with Crippen LogP contribution in [-0.4, -0.2) is 17.6 Å². The lowest BCUT2D eigenvalue weighted by Crippen LogP contribution is -2.22. The lowest BCUT2D eigenvalue weighted by molar-refractivity contribution is -0.119. The third-order valence-electron chi connectivity index (χ3n) is 1.96. The van der Waals surface area contributed by atoms with Gasteiger partial charge in [-0.1, -0.05) is 30.3 Å². The third kappa shape index (κ3) is 2.56. The van der Waals surface area contributed by atoms with Gasteiger partial charge in [0.2, 0.25) is 5.91 Å². The number of rotatable bonds is 4. The van der Waals surface area contributed by atoms with Gasteiger partial charge in [0, 0.05) is 6.61 Å². The Kier molecular flexibility index (Phi) is 3.46. The molecule has 0 saturated carbocycles. The van der Waals surface area contributed by atoms with Crippen LogP contribution in [0.15, 0.2) is 30.3 Å². The van der Waals surface area contributed by atoms with Crippen molar-refractivity contribution in [2.75, 3.05) is 6.61 Å². The smallest absolute Gasteiger partial charge is 0.225 e. The summed E-state index contributed by atoms with van der Waals surface area (Å²) in [6.45, 7) is -0.0253. The molecule has 1 amide bonds. The number of aliphatic hydroxyl groups is 1. The fourth-order valence-corrected chi connectivity index (χ4v) is 1.29. The van der Waals surface area contributed by atoms with Crippen LogP contribution >= 0.6 is 0 Å². The molecular formula is C10H13NO2. The lowest BCUT2D eigenvalue weighted by Gasteiger charge is -2.11. The van der Waals surface area contributed by atoms with Gasteiger partial charge in [0.1, 0.15) is 0 Å². The number of hydrogen-bond acceptors (Lipinski definition) is 2. The van der Waals surface area contributed by atoms with Crippen molar-refractivity contribution in [3.8, 4) is 0 Å². The number of primary amides is 1. The van der Waals surface area contributed by atoms with Gasteiger partial charge in [-0.25, -0.2) is 0 Å². The highest BCUT2D eigenvalue weighted by molar-refractivity contribution is 5.81. The van der Waals surface area contributed by atoms with E-state index in [0.29, 0.717) is 6.42 Å². The van der Waals surface area contributed by atoms with Gasteiger partial charge < -0.3 is 10.8 Å². The predicted molar refractivity (Wildman–Crippen MR) is 50.1 cm³/mol. The van der Waals surface area contributed by atoms with E-state index in [1.54, 1.807) is 0 Å². The number of nitrogens with two attached hydrogens (primary N) is 1. The third-order valence-corrected chi connectivity index (χ3v) is 1.96. The molecule has 0 heterocycles. The van der Waals surface area contributed by atoms with Crippen molar-refractivity contribution in [1.29, 1.82) is 0 Å². The Hall–Kier alpha value is -1.35. The van der Waals surface area contributed by atoms with Gasteiger partial charge in [-0.2, -0.15) is 0 Å². The first kappa shape index (κ1) is 9.74. The first-order valence-corrected chi connectivity index (χ1v) is 4.21. The summed E-state index contributed by atoms with van der Waals surface area (Å²) in [6, 6.07) is 9.25. The Labute approximate surface area is 77.2 Å². The number of carbonyl (C=O) groups is 1. The van der Waals surface area contributed by atoms with E-state index in [1.807, 2.05) is 30.3 Å². The summed E-state index contributed by atoms with van der Waals surface area (Å²) in [6.07, 6.45) is 0.388.